The number of carbonyl (C=O) groups is 1. The molecule has 106 valence electrons. The van der Waals surface area contributed by atoms with Crippen LogP contribution < -0.4 is 11.1 Å². The van der Waals surface area contributed by atoms with Crippen molar-refractivity contribution in [3.8, 4) is 0 Å². The average molecular weight is 267 g/mol. The molecular formula is C11H20F3N3O. The molecule has 1 fully saturated rings. The lowest BCUT2D eigenvalue weighted by molar-refractivity contribution is -0.148. The van der Waals surface area contributed by atoms with Crippen LogP contribution in [-0.4, -0.2) is 48.7 Å². The zero-order valence-electron chi connectivity index (χ0n) is 10.5. The molecule has 1 unspecified atom stereocenters. The predicted molar refractivity (Wildman–Crippen MR) is 61.9 cm³/mol. The van der Waals surface area contributed by atoms with Crippen molar-refractivity contribution in [3.63, 3.8) is 0 Å². The Hall–Kier alpha value is -0.820. The number of likely N-dealkylation sites (tertiary alicyclic amines) is 1. The molecule has 0 saturated carbocycles. The van der Waals surface area contributed by atoms with Crippen molar-refractivity contribution < 1.29 is 18.0 Å². The maximum Gasteiger partial charge on any atom is 0.401 e. The number of hydrogen-bond donors (Lipinski definition) is 2. The molecule has 1 aliphatic rings. The summed E-state index contributed by atoms with van der Waals surface area (Å²) in [6.45, 7) is 1.60. The molecule has 0 radical (unpaired) electrons. The highest BCUT2D eigenvalue weighted by Crippen LogP contribution is 2.19. The molecule has 0 spiro atoms. The second-order valence-corrected chi connectivity index (χ2v) is 4.91. The van der Waals surface area contributed by atoms with Crippen LogP contribution in [-0.2, 0) is 4.79 Å². The van der Waals surface area contributed by atoms with Gasteiger partial charge in [-0.2, -0.15) is 13.2 Å². The Labute approximate surface area is 105 Å². The first-order chi connectivity index (χ1) is 8.26. The summed E-state index contributed by atoms with van der Waals surface area (Å²) < 4.78 is 36.5. The third-order valence-electron chi connectivity index (χ3n) is 2.86. The summed E-state index contributed by atoms with van der Waals surface area (Å²) in [6.07, 6.45) is -2.78. The van der Waals surface area contributed by atoms with E-state index in [4.69, 9.17) is 5.73 Å². The lowest BCUT2D eigenvalue weighted by Crippen LogP contribution is -2.47. The van der Waals surface area contributed by atoms with E-state index in [-0.39, 0.29) is 24.4 Å². The van der Waals surface area contributed by atoms with Crippen molar-refractivity contribution >= 4 is 5.91 Å². The molecule has 7 heteroatoms. The molecule has 0 bridgehead atoms. The number of rotatable bonds is 4. The van der Waals surface area contributed by atoms with Crippen LogP contribution in [0.4, 0.5) is 13.2 Å². The van der Waals surface area contributed by atoms with E-state index in [1.165, 1.54) is 4.90 Å². The highest BCUT2D eigenvalue weighted by Gasteiger charge is 2.32. The van der Waals surface area contributed by atoms with Crippen molar-refractivity contribution in [3.05, 3.63) is 0 Å². The van der Waals surface area contributed by atoms with Crippen molar-refractivity contribution in [2.75, 3.05) is 19.6 Å². The van der Waals surface area contributed by atoms with E-state index in [9.17, 15) is 18.0 Å². The van der Waals surface area contributed by atoms with E-state index in [1.54, 1.807) is 6.92 Å². The van der Waals surface area contributed by atoms with Crippen LogP contribution >= 0.6 is 0 Å². The zero-order valence-corrected chi connectivity index (χ0v) is 10.5. The predicted octanol–water partition coefficient (Wildman–Crippen LogP) is 0.867. The fourth-order valence-corrected chi connectivity index (χ4v) is 2.07. The van der Waals surface area contributed by atoms with Crippen LogP contribution in [0.15, 0.2) is 0 Å². The van der Waals surface area contributed by atoms with Gasteiger partial charge in [-0.1, -0.05) is 0 Å². The smallest absolute Gasteiger partial charge is 0.353 e. The van der Waals surface area contributed by atoms with Gasteiger partial charge in [-0.3, -0.25) is 9.69 Å². The Morgan fingerprint density at radius 2 is 2.00 bits per heavy atom. The number of nitrogens with zero attached hydrogens (tertiary/aromatic N) is 1. The maximum absolute atomic E-state index is 12.2. The van der Waals surface area contributed by atoms with E-state index in [2.05, 4.69) is 5.32 Å². The quantitative estimate of drug-likeness (QED) is 0.794. The van der Waals surface area contributed by atoms with Crippen molar-refractivity contribution in [1.29, 1.82) is 0 Å². The van der Waals surface area contributed by atoms with Crippen LogP contribution in [0.25, 0.3) is 0 Å². The first-order valence-electron chi connectivity index (χ1n) is 6.10. The normalized spacial score (nSPS) is 20.7. The standard InChI is InChI=1S/C11H20F3N3O/c1-8(15)6-10(18)16-9-2-4-17(5-3-9)7-11(12,13)14/h8-9H,2-7,15H2,1H3,(H,16,18). The molecular weight excluding hydrogens is 247 g/mol. The SMILES string of the molecule is CC(N)CC(=O)NC1CCN(CC(F)(F)F)CC1. The second-order valence-electron chi connectivity index (χ2n) is 4.91. The minimum absolute atomic E-state index is 0.0271. The molecule has 1 aliphatic heterocycles. The van der Waals surface area contributed by atoms with E-state index in [1.807, 2.05) is 0 Å². The first-order valence-corrected chi connectivity index (χ1v) is 6.10. The second kappa shape index (κ2) is 6.38. The molecule has 1 saturated heterocycles. The van der Waals surface area contributed by atoms with Gasteiger partial charge in [0.05, 0.1) is 6.54 Å². The van der Waals surface area contributed by atoms with Crippen LogP contribution in [0, 0.1) is 0 Å². The van der Waals surface area contributed by atoms with Crippen LogP contribution in [0.5, 0.6) is 0 Å². The fourth-order valence-electron chi connectivity index (χ4n) is 2.07. The Kier molecular flexibility index (Phi) is 5.40. The molecule has 0 aromatic carbocycles. The van der Waals surface area contributed by atoms with Gasteiger partial charge in [-0.25, -0.2) is 0 Å². The molecule has 4 nitrogen and oxygen atoms in total. The van der Waals surface area contributed by atoms with E-state index < -0.39 is 12.7 Å². The summed E-state index contributed by atoms with van der Waals surface area (Å²) >= 11 is 0. The largest absolute Gasteiger partial charge is 0.401 e. The number of alkyl halides is 3. The van der Waals surface area contributed by atoms with Crippen LogP contribution in [0.2, 0.25) is 0 Å². The molecule has 1 amide bonds. The van der Waals surface area contributed by atoms with Crippen molar-refractivity contribution in [1.82, 2.24) is 10.2 Å². The lowest BCUT2D eigenvalue weighted by Gasteiger charge is -2.32. The molecule has 0 aromatic rings. The van der Waals surface area contributed by atoms with Gasteiger partial charge in [0.1, 0.15) is 0 Å². The van der Waals surface area contributed by atoms with Gasteiger partial charge in [0, 0.05) is 31.6 Å². The Morgan fingerprint density at radius 3 is 2.44 bits per heavy atom. The summed E-state index contributed by atoms with van der Waals surface area (Å²) in [5.74, 6) is -0.126. The first kappa shape index (κ1) is 15.2. The number of nitrogens with one attached hydrogen (secondary N) is 1. The molecule has 1 atom stereocenters. The molecule has 18 heavy (non-hydrogen) atoms. The third-order valence-corrected chi connectivity index (χ3v) is 2.86. The number of carbonyl (C=O) groups excluding carboxylic acids is 1. The highest BCUT2D eigenvalue weighted by molar-refractivity contribution is 5.76. The molecule has 1 rings (SSSR count). The number of hydrogen-bond acceptors (Lipinski definition) is 3. The lowest BCUT2D eigenvalue weighted by atomic mass is 10.0. The summed E-state index contributed by atoms with van der Waals surface area (Å²) in [5, 5.41) is 2.81. The molecule has 0 aromatic heterocycles. The maximum atomic E-state index is 12.2. The third kappa shape index (κ3) is 6.20. The fraction of sp³-hybridized carbons (Fsp3) is 0.909. The zero-order chi connectivity index (χ0) is 13.8. The van der Waals surface area contributed by atoms with Crippen LogP contribution in [0.3, 0.4) is 0 Å². The minimum Gasteiger partial charge on any atom is -0.353 e. The van der Waals surface area contributed by atoms with Crippen molar-refractivity contribution in [2.45, 2.75) is 44.4 Å². The molecule has 0 aliphatic carbocycles. The summed E-state index contributed by atoms with van der Waals surface area (Å²) in [6, 6.07) is -0.226. The Morgan fingerprint density at radius 1 is 1.44 bits per heavy atom. The summed E-state index contributed by atoms with van der Waals surface area (Å²) in [4.78, 5) is 12.8. The van der Waals surface area contributed by atoms with Gasteiger partial charge >= 0.3 is 6.18 Å². The average Bonchev–Trinajstić information content (AvgIpc) is 2.17. The monoisotopic (exact) mass is 267 g/mol. The number of piperidine rings is 1. The number of halogens is 3. The van der Waals surface area contributed by atoms with E-state index >= 15 is 0 Å². The van der Waals surface area contributed by atoms with Gasteiger partial charge in [-0.15, -0.1) is 0 Å². The van der Waals surface area contributed by atoms with Crippen LogP contribution in [0.1, 0.15) is 26.2 Å². The van der Waals surface area contributed by atoms with Crippen molar-refractivity contribution in [2.24, 2.45) is 5.73 Å². The van der Waals surface area contributed by atoms with Gasteiger partial charge in [0.15, 0.2) is 0 Å². The summed E-state index contributed by atoms with van der Waals surface area (Å²) in [5.41, 5.74) is 5.50. The molecule has 1 heterocycles. The Bertz CT molecular complexity index is 273. The number of amides is 1. The highest BCUT2D eigenvalue weighted by atomic mass is 19.4. The van der Waals surface area contributed by atoms with Gasteiger partial charge in [-0.05, 0) is 19.8 Å². The Balaban J connectivity index is 2.25. The van der Waals surface area contributed by atoms with Gasteiger partial charge in [0.25, 0.3) is 0 Å². The van der Waals surface area contributed by atoms with Gasteiger partial charge < -0.3 is 11.1 Å². The molecule has 3 N–H and O–H groups in total. The van der Waals surface area contributed by atoms with E-state index in [0.717, 1.165) is 0 Å². The topological polar surface area (TPSA) is 58.4 Å². The van der Waals surface area contributed by atoms with Gasteiger partial charge in [0.2, 0.25) is 5.91 Å². The summed E-state index contributed by atoms with van der Waals surface area (Å²) in [7, 11) is 0. The minimum atomic E-state index is -4.15. The number of nitrogens with two attached hydrogens (primary N) is 1. The van der Waals surface area contributed by atoms with E-state index in [0.29, 0.717) is 25.9 Å².